The van der Waals surface area contributed by atoms with Crippen LogP contribution in [-0.4, -0.2) is 24.3 Å². The number of rotatable bonds is 3. The average Bonchev–Trinajstić information content (AvgIpc) is 2.11. The van der Waals surface area contributed by atoms with Crippen molar-refractivity contribution >= 4 is 11.6 Å². The maximum atomic E-state index is 11.5. The fourth-order valence-electron chi connectivity index (χ4n) is 1.33. The molecule has 0 bridgehead atoms. The summed E-state index contributed by atoms with van der Waals surface area (Å²) in [5.74, 6) is -0.228. The van der Waals surface area contributed by atoms with Crippen LogP contribution >= 0.6 is 0 Å². The lowest BCUT2D eigenvalue weighted by Crippen LogP contribution is -2.22. The van der Waals surface area contributed by atoms with Crippen molar-refractivity contribution in [2.45, 2.75) is 26.9 Å². The molecule has 76 valence electrons. The van der Waals surface area contributed by atoms with E-state index >= 15 is 0 Å². The molecule has 1 atom stereocenters. The van der Waals surface area contributed by atoms with Gasteiger partial charge in [0.05, 0.1) is 6.10 Å². The van der Waals surface area contributed by atoms with Gasteiger partial charge < -0.3 is 4.74 Å². The maximum Gasteiger partial charge on any atom is 0.184 e. The minimum Gasteiger partial charge on any atom is -0.374 e. The highest BCUT2D eigenvalue weighted by atomic mass is 16.5. The quantitative estimate of drug-likeness (QED) is 0.638. The fourth-order valence-corrected chi connectivity index (χ4v) is 1.33. The van der Waals surface area contributed by atoms with Crippen molar-refractivity contribution in [3.8, 4) is 0 Å². The highest BCUT2D eigenvalue weighted by Crippen LogP contribution is 2.16. The molecule has 0 aromatic carbocycles. The molecule has 1 unspecified atom stereocenters. The second kappa shape index (κ2) is 4.33. The predicted octanol–water partition coefficient (Wildman–Crippen LogP) is 1.44. The molecule has 3 nitrogen and oxygen atoms in total. The Balaban J connectivity index is 2.86. The average molecular weight is 194 g/mol. The van der Waals surface area contributed by atoms with Crippen LogP contribution in [0.2, 0.25) is 0 Å². The first kappa shape index (κ1) is 10.9. The third kappa shape index (κ3) is 2.17. The van der Waals surface area contributed by atoms with Gasteiger partial charge in [-0.2, -0.15) is 0 Å². The Labute approximate surface area is 83.4 Å². The predicted molar refractivity (Wildman–Crippen MR) is 52.9 cm³/mol. The molecule has 1 aliphatic carbocycles. The first-order valence-corrected chi connectivity index (χ1v) is 4.66. The number of hydrogen-bond donors (Lipinski definition) is 0. The molecule has 0 radical (unpaired) electrons. The van der Waals surface area contributed by atoms with E-state index in [1.807, 2.05) is 6.92 Å². The smallest absolute Gasteiger partial charge is 0.184 e. The van der Waals surface area contributed by atoms with Gasteiger partial charge in [-0.3, -0.25) is 9.59 Å². The third-order valence-corrected chi connectivity index (χ3v) is 2.16. The first-order chi connectivity index (χ1) is 6.56. The summed E-state index contributed by atoms with van der Waals surface area (Å²) in [5.41, 5.74) is 0.935. The van der Waals surface area contributed by atoms with E-state index in [9.17, 15) is 9.59 Å². The Kier molecular flexibility index (Phi) is 3.36. The van der Waals surface area contributed by atoms with E-state index in [1.165, 1.54) is 12.2 Å². The number of carbonyl (C=O) groups excluding carboxylic acids is 2. The van der Waals surface area contributed by atoms with Crippen LogP contribution < -0.4 is 0 Å². The van der Waals surface area contributed by atoms with Crippen molar-refractivity contribution in [1.29, 1.82) is 0 Å². The molecule has 1 rings (SSSR count). The SMILES string of the molecule is CCOC(C)C1=CC(=O)C(C)=CC1=O. The standard InChI is InChI=1S/C11H14O3/c1-4-14-8(3)9-6-10(12)7(2)5-11(9)13/h5-6,8H,4H2,1-3H3. The van der Waals surface area contributed by atoms with E-state index in [4.69, 9.17) is 4.74 Å². The summed E-state index contributed by atoms with van der Waals surface area (Å²) in [4.78, 5) is 22.8. The van der Waals surface area contributed by atoms with Gasteiger partial charge in [0.1, 0.15) is 0 Å². The molecule has 0 aliphatic heterocycles. The summed E-state index contributed by atoms with van der Waals surface area (Å²) in [7, 11) is 0. The molecule has 1 aliphatic rings. The summed E-state index contributed by atoms with van der Waals surface area (Å²) in [6, 6.07) is 0. The Morgan fingerprint density at radius 2 is 1.93 bits per heavy atom. The van der Waals surface area contributed by atoms with Crippen LogP contribution in [0.4, 0.5) is 0 Å². The Bertz CT molecular complexity index is 323. The van der Waals surface area contributed by atoms with Gasteiger partial charge in [-0.15, -0.1) is 0 Å². The van der Waals surface area contributed by atoms with Crippen molar-refractivity contribution in [3.05, 3.63) is 23.3 Å². The van der Waals surface area contributed by atoms with E-state index < -0.39 is 0 Å². The lowest BCUT2D eigenvalue weighted by molar-refractivity contribution is -0.116. The molecule has 3 heteroatoms. The summed E-state index contributed by atoms with van der Waals surface area (Å²) in [6.07, 6.45) is 2.44. The fraction of sp³-hybridized carbons (Fsp3) is 0.455. The van der Waals surface area contributed by atoms with Crippen LogP contribution in [0.1, 0.15) is 20.8 Å². The molecule has 0 heterocycles. The Morgan fingerprint density at radius 3 is 2.50 bits per heavy atom. The maximum absolute atomic E-state index is 11.5. The molecule has 0 aromatic heterocycles. The molecule has 0 amide bonds. The summed E-state index contributed by atoms with van der Waals surface area (Å²) in [6.45, 7) is 5.80. The van der Waals surface area contributed by atoms with Crippen LogP contribution in [0, 0.1) is 0 Å². The monoisotopic (exact) mass is 194 g/mol. The lowest BCUT2D eigenvalue weighted by atomic mass is 9.95. The summed E-state index contributed by atoms with van der Waals surface area (Å²) in [5, 5.41) is 0. The largest absolute Gasteiger partial charge is 0.374 e. The van der Waals surface area contributed by atoms with E-state index in [0.29, 0.717) is 17.8 Å². The van der Waals surface area contributed by atoms with Crippen molar-refractivity contribution in [2.75, 3.05) is 6.61 Å². The molecular weight excluding hydrogens is 180 g/mol. The van der Waals surface area contributed by atoms with Crippen molar-refractivity contribution in [3.63, 3.8) is 0 Å². The third-order valence-electron chi connectivity index (χ3n) is 2.16. The zero-order chi connectivity index (χ0) is 10.7. The van der Waals surface area contributed by atoms with Crippen LogP contribution in [0.5, 0.6) is 0 Å². The molecule has 0 spiro atoms. The minimum atomic E-state index is -0.305. The lowest BCUT2D eigenvalue weighted by Gasteiger charge is -2.16. The van der Waals surface area contributed by atoms with Crippen LogP contribution in [0.25, 0.3) is 0 Å². The normalized spacial score (nSPS) is 19.1. The Morgan fingerprint density at radius 1 is 1.29 bits per heavy atom. The van der Waals surface area contributed by atoms with E-state index in [1.54, 1.807) is 13.8 Å². The van der Waals surface area contributed by atoms with Crippen LogP contribution in [-0.2, 0) is 14.3 Å². The van der Waals surface area contributed by atoms with Gasteiger partial charge in [-0.1, -0.05) is 0 Å². The van der Waals surface area contributed by atoms with Crippen LogP contribution in [0.15, 0.2) is 23.3 Å². The molecule has 0 aromatic rings. The van der Waals surface area contributed by atoms with Gasteiger partial charge in [0.2, 0.25) is 0 Å². The van der Waals surface area contributed by atoms with Crippen molar-refractivity contribution < 1.29 is 14.3 Å². The second-order valence-electron chi connectivity index (χ2n) is 3.25. The van der Waals surface area contributed by atoms with Crippen molar-refractivity contribution in [2.24, 2.45) is 0 Å². The van der Waals surface area contributed by atoms with Gasteiger partial charge >= 0.3 is 0 Å². The molecule has 14 heavy (non-hydrogen) atoms. The number of ether oxygens (including phenoxy) is 1. The Hall–Kier alpha value is -1.22. The molecule has 0 N–H and O–H groups in total. The highest BCUT2D eigenvalue weighted by Gasteiger charge is 2.21. The van der Waals surface area contributed by atoms with Gasteiger partial charge in [0.25, 0.3) is 0 Å². The van der Waals surface area contributed by atoms with Gasteiger partial charge in [-0.05, 0) is 32.9 Å². The van der Waals surface area contributed by atoms with Crippen molar-refractivity contribution in [1.82, 2.24) is 0 Å². The zero-order valence-corrected chi connectivity index (χ0v) is 8.66. The van der Waals surface area contributed by atoms with Gasteiger partial charge in [0, 0.05) is 17.8 Å². The van der Waals surface area contributed by atoms with Crippen LogP contribution in [0.3, 0.4) is 0 Å². The first-order valence-electron chi connectivity index (χ1n) is 4.66. The molecule has 0 saturated heterocycles. The summed E-state index contributed by atoms with van der Waals surface area (Å²) < 4.78 is 5.26. The molecular formula is C11H14O3. The molecule has 0 saturated carbocycles. The number of carbonyl (C=O) groups is 2. The van der Waals surface area contributed by atoms with E-state index in [2.05, 4.69) is 0 Å². The number of hydrogen-bond acceptors (Lipinski definition) is 3. The van der Waals surface area contributed by atoms with E-state index in [-0.39, 0.29) is 17.7 Å². The molecule has 0 fully saturated rings. The van der Waals surface area contributed by atoms with Gasteiger partial charge in [-0.25, -0.2) is 0 Å². The number of allylic oxidation sites excluding steroid dienone is 3. The highest BCUT2D eigenvalue weighted by molar-refractivity contribution is 6.20. The summed E-state index contributed by atoms with van der Waals surface area (Å²) >= 11 is 0. The topological polar surface area (TPSA) is 43.4 Å². The second-order valence-corrected chi connectivity index (χ2v) is 3.25. The van der Waals surface area contributed by atoms with Gasteiger partial charge in [0.15, 0.2) is 11.6 Å². The van der Waals surface area contributed by atoms with E-state index in [0.717, 1.165) is 0 Å². The minimum absolute atomic E-state index is 0.105. The zero-order valence-electron chi connectivity index (χ0n) is 8.66. The number of ketones is 2.